The molecule has 0 aromatic rings. The van der Waals surface area contributed by atoms with Crippen LogP contribution in [-0.4, -0.2) is 49.3 Å². The third-order valence-corrected chi connectivity index (χ3v) is 3.48. The number of hydrogen-bond acceptors (Lipinski definition) is 4. The largest absolute Gasteiger partial charge is 0.409 e. The second kappa shape index (κ2) is 12.2. The minimum absolute atomic E-state index is 0.295. The molecule has 0 bridgehead atoms. The number of unbranched alkanes of at least 4 members (excludes halogenated alkanes) is 1. The fourth-order valence-corrected chi connectivity index (χ4v) is 2.12. The highest BCUT2D eigenvalue weighted by Crippen LogP contribution is 2.14. The van der Waals surface area contributed by atoms with Gasteiger partial charge in [0.2, 0.25) is 0 Å². The third-order valence-electron chi connectivity index (χ3n) is 3.48. The monoisotopic (exact) mass is 273 g/mol. The molecule has 1 atom stereocenters. The first-order valence-corrected chi connectivity index (χ1v) is 7.35. The molecule has 0 rings (SSSR count). The van der Waals surface area contributed by atoms with E-state index in [2.05, 4.69) is 23.9 Å². The summed E-state index contributed by atoms with van der Waals surface area (Å²) in [6.45, 7) is 7.99. The molecule has 0 saturated heterocycles. The SMILES string of the molecule is CCCCC(CC)CN(CCOC)CCC(N)=NO. The third kappa shape index (κ3) is 9.73. The van der Waals surface area contributed by atoms with Crippen molar-refractivity contribution < 1.29 is 9.94 Å². The summed E-state index contributed by atoms with van der Waals surface area (Å²) in [5.41, 5.74) is 5.54. The van der Waals surface area contributed by atoms with E-state index in [9.17, 15) is 0 Å². The van der Waals surface area contributed by atoms with Crippen LogP contribution in [0.2, 0.25) is 0 Å². The second-order valence-corrected chi connectivity index (χ2v) is 5.05. The van der Waals surface area contributed by atoms with Crippen molar-refractivity contribution in [2.24, 2.45) is 16.8 Å². The number of nitrogens with two attached hydrogens (primary N) is 1. The van der Waals surface area contributed by atoms with Gasteiger partial charge in [-0.05, 0) is 12.3 Å². The van der Waals surface area contributed by atoms with E-state index in [0.29, 0.717) is 12.3 Å². The molecule has 0 aliphatic carbocycles. The van der Waals surface area contributed by atoms with E-state index in [-0.39, 0.29) is 0 Å². The predicted molar refractivity (Wildman–Crippen MR) is 79.6 cm³/mol. The molecule has 0 amide bonds. The Morgan fingerprint density at radius 1 is 1.37 bits per heavy atom. The summed E-state index contributed by atoms with van der Waals surface area (Å²) in [5, 5.41) is 11.6. The molecular weight excluding hydrogens is 242 g/mol. The van der Waals surface area contributed by atoms with Crippen molar-refractivity contribution in [3.8, 4) is 0 Å². The van der Waals surface area contributed by atoms with Gasteiger partial charge in [-0.2, -0.15) is 0 Å². The van der Waals surface area contributed by atoms with Gasteiger partial charge in [-0.3, -0.25) is 0 Å². The van der Waals surface area contributed by atoms with Gasteiger partial charge in [-0.15, -0.1) is 0 Å². The minimum Gasteiger partial charge on any atom is -0.409 e. The van der Waals surface area contributed by atoms with Crippen LogP contribution < -0.4 is 5.73 Å². The van der Waals surface area contributed by atoms with Crippen molar-refractivity contribution in [1.82, 2.24) is 4.90 Å². The lowest BCUT2D eigenvalue weighted by molar-refractivity contribution is 0.135. The Morgan fingerprint density at radius 2 is 2.11 bits per heavy atom. The molecule has 5 nitrogen and oxygen atoms in total. The van der Waals surface area contributed by atoms with Gasteiger partial charge in [0, 0.05) is 33.2 Å². The number of ether oxygens (including phenoxy) is 1. The average Bonchev–Trinajstić information content (AvgIpc) is 2.44. The fourth-order valence-electron chi connectivity index (χ4n) is 2.12. The summed E-state index contributed by atoms with van der Waals surface area (Å²) in [6, 6.07) is 0. The predicted octanol–water partition coefficient (Wildman–Crippen LogP) is 2.29. The molecule has 0 saturated carbocycles. The standard InChI is InChI=1S/C14H31N3O2/c1-4-6-7-13(5-2)12-17(10-11-19-3)9-8-14(15)16-18/h13,18H,4-12H2,1-3H3,(H2,15,16). The zero-order valence-electron chi connectivity index (χ0n) is 12.8. The van der Waals surface area contributed by atoms with Crippen molar-refractivity contribution in [2.45, 2.75) is 46.0 Å². The van der Waals surface area contributed by atoms with Crippen molar-refractivity contribution in [3.05, 3.63) is 0 Å². The number of rotatable bonds is 12. The van der Waals surface area contributed by atoms with Crippen LogP contribution in [0, 0.1) is 5.92 Å². The Labute approximate surface area is 117 Å². The van der Waals surface area contributed by atoms with Crippen LogP contribution in [0.15, 0.2) is 5.16 Å². The van der Waals surface area contributed by atoms with Gasteiger partial charge in [-0.1, -0.05) is 38.3 Å². The smallest absolute Gasteiger partial charge is 0.140 e. The van der Waals surface area contributed by atoms with Gasteiger partial charge in [0.1, 0.15) is 5.84 Å². The molecule has 0 radical (unpaired) electrons. The van der Waals surface area contributed by atoms with Crippen molar-refractivity contribution >= 4 is 5.84 Å². The first kappa shape index (κ1) is 18.2. The van der Waals surface area contributed by atoms with Crippen molar-refractivity contribution in [2.75, 3.05) is 33.4 Å². The molecule has 0 aromatic heterocycles. The van der Waals surface area contributed by atoms with Crippen molar-refractivity contribution in [1.29, 1.82) is 0 Å². The minimum atomic E-state index is 0.295. The Bertz CT molecular complexity index is 235. The van der Waals surface area contributed by atoms with Gasteiger partial charge in [0.25, 0.3) is 0 Å². The van der Waals surface area contributed by atoms with Crippen LogP contribution in [0.4, 0.5) is 0 Å². The lowest BCUT2D eigenvalue weighted by atomic mass is 9.98. The maximum atomic E-state index is 8.59. The molecule has 0 aliphatic rings. The molecule has 0 fully saturated rings. The van der Waals surface area contributed by atoms with Crippen molar-refractivity contribution in [3.63, 3.8) is 0 Å². The van der Waals surface area contributed by atoms with Gasteiger partial charge < -0.3 is 20.6 Å². The van der Waals surface area contributed by atoms with E-state index in [1.54, 1.807) is 7.11 Å². The quantitative estimate of drug-likeness (QED) is 0.248. The molecular formula is C14H31N3O2. The van der Waals surface area contributed by atoms with E-state index in [1.165, 1.54) is 25.7 Å². The topological polar surface area (TPSA) is 71.1 Å². The maximum absolute atomic E-state index is 8.59. The first-order chi connectivity index (χ1) is 9.17. The van der Waals surface area contributed by atoms with Gasteiger partial charge >= 0.3 is 0 Å². The van der Waals surface area contributed by atoms with E-state index in [1.807, 2.05) is 0 Å². The van der Waals surface area contributed by atoms with E-state index in [0.717, 1.165) is 32.2 Å². The lowest BCUT2D eigenvalue weighted by Gasteiger charge is -2.26. The molecule has 114 valence electrons. The Hall–Kier alpha value is -0.810. The summed E-state index contributed by atoms with van der Waals surface area (Å²) in [6.07, 6.45) is 5.62. The Kier molecular flexibility index (Phi) is 11.7. The lowest BCUT2D eigenvalue weighted by Crippen LogP contribution is -2.35. The Balaban J connectivity index is 4.21. The molecule has 3 N–H and O–H groups in total. The van der Waals surface area contributed by atoms with Gasteiger partial charge in [0.05, 0.1) is 6.61 Å². The zero-order chi connectivity index (χ0) is 14.5. The summed E-state index contributed by atoms with van der Waals surface area (Å²) in [5.74, 6) is 1.02. The van der Waals surface area contributed by atoms with Gasteiger partial charge in [-0.25, -0.2) is 0 Å². The Morgan fingerprint density at radius 3 is 2.63 bits per heavy atom. The molecule has 5 heteroatoms. The summed E-state index contributed by atoms with van der Waals surface area (Å²) < 4.78 is 5.15. The molecule has 0 aliphatic heterocycles. The summed E-state index contributed by atoms with van der Waals surface area (Å²) >= 11 is 0. The number of nitrogens with zero attached hydrogens (tertiary/aromatic N) is 2. The van der Waals surface area contributed by atoms with E-state index >= 15 is 0 Å². The zero-order valence-corrected chi connectivity index (χ0v) is 12.8. The highest BCUT2D eigenvalue weighted by molar-refractivity contribution is 5.79. The van der Waals surface area contributed by atoms with Crippen LogP contribution in [-0.2, 0) is 4.74 Å². The number of amidine groups is 1. The molecule has 1 unspecified atom stereocenters. The van der Waals surface area contributed by atoms with Crippen LogP contribution in [0.3, 0.4) is 0 Å². The highest BCUT2D eigenvalue weighted by Gasteiger charge is 2.13. The van der Waals surface area contributed by atoms with Crippen LogP contribution >= 0.6 is 0 Å². The van der Waals surface area contributed by atoms with E-state index in [4.69, 9.17) is 15.7 Å². The van der Waals surface area contributed by atoms with Crippen LogP contribution in [0.5, 0.6) is 0 Å². The number of oxime groups is 1. The fraction of sp³-hybridized carbons (Fsp3) is 0.929. The molecule has 0 spiro atoms. The second-order valence-electron chi connectivity index (χ2n) is 5.05. The first-order valence-electron chi connectivity index (χ1n) is 7.35. The molecule has 0 heterocycles. The van der Waals surface area contributed by atoms with Crippen LogP contribution in [0.25, 0.3) is 0 Å². The van der Waals surface area contributed by atoms with Crippen LogP contribution in [0.1, 0.15) is 46.0 Å². The van der Waals surface area contributed by atoms with E-state index < -0.39 is 0 Å². The number of methoxy groups -OCH3 is 1. The highest BCUT2D eigenvalue weighted by atomic mass is 16.5. The average molecular weight is 273 g/mol. The van der Waals surface area contributed by atoms with Gasteiger partial charge in [0.15, 0.2) is 0 Å². The molecule has 19 heavy (non-hydrogen) atoms. The summed E-state index contributed by atoms with van der Waals surface area (Å²) in [7, 11) is 1.72. The normalized spacial score (nSPS) is 14.0. The number of hydrogen-bond donors (Lipinski definition) is 2. The molecule has 0 aromatic carbocycles. The maximum Gasteiger partial charge on any atom is 0.140 e. The summed E-state index contributed by atoms with van der Waals surface area (Å²) in [4.78, 5) is 2.35.